The quantitative estimate of drug-likeness (QED) is 0.522. The Kier molecular flexibility index (Phi) is 6.37. The average molecular weight is 215 g/mol. The van der Waals surface area contributed by atoms with Crippen molar-refractivity contribution in [2.24, 2.45) is 0 Å². The fourth-order valence-electron chi connectivity index (χ4n) is 0.786. The molecule has 0 heterocycles. The first kappa shape index (κ1) is 13.6. The third-order valence-electron chi connectivity index (χ3n) is 1.82. The van der Waals surface area contributed by atoms with E-state index in [2.05, 4.69) is 11.4 Å². The topological polar surface area (TPSA) is 75.6 Å². The van der Waals surface area contributed by atoms with Gasteiger partial charge in [-0.1, -0.05) is 26.8 Å². The predicted molar refractivity (Wildman–Crippen MR) is 54.6 cm³/mol. The number of carbonyl (C=O) groups is 2. The molecule has 0 aromatic carbocycles. The minimum absolute atomic E-state index is 0.264. The van der Waals surface area contributed by atoms with Crippen LogP contribution in [0, 0.1) is 0 Å². The monoisotopic (exact) mass is 215 g/mol. The molecule has 86 valence electrons. The summed E-state index contributed by atoms with van der Waals surface area (Å²) in [4.78, 5) is 26.5. The third-order valence-corrected chi connectivity index (χ3v) is 1.82. The Labute approximate surface area is 89.1 Å². The highest BCUT2D eigenvalue weighted by molar-refractivity contribution is 5.89. The van der Waals surface area contributed by atoms with Gasteiger partial charge in [0.2, 0.25) is 0 Å². The summed E-state index contributed by atoms with van der Waals surface area (Å²) in [6.45, 7) is 7.03. The van der Waals surface area contributed by atoms with Crippen molar-refractivity contribution in [1.82, 2.24) is 5.48 Å². The number of hydroxylamine groups is 1. The van der Waals surface area contributed by atoms with Crippen molar-refractivity contribution in [3.63, 3.8) is 0 Å². The van der Waals surface area contributed by atoms with Crippen LogP contribution >= 0.6 is 0 Å². The van der Waals surface area contributed by atoms with E-state index in [1.54, 1.807) is 6.92 Å². The molecule has 0 aliphatic carbocycles. The Morgan fingerprint density at radius 1 is 1.47 bits per heavy atom. The van der Waals surface area contributed by atoms with Gasteiger partial charge in [-0.3, -0.25) is 4.79 Å². The number of amides is 1. The Morgan fingerprint density at radius 2 is 2.07 bits per heavy atom. The molecular formula is C10H17NO4. The van der Waals surface area contributed by atoms with E-state index in [-0.39, 0.29) is 5.57 Å². The van der Waals surface area contributed by atoms with E-state index in [0.29, 0.717) is 19.3 Å². The summed E-state index contributed by atoms with van der Waals surface area (Å²) in [5.74, 6) is -1.40. The molecule has 1 atom stereocenters. The van der Waals surface area contributed by atoms with Gasteiger partial charge in [-0.15, -0.1) is 0 Å². The molecule has 15 heavy (non-hydrogen) atoms. The molecule has 0 radical (unpaired) electrons. The predicted octanol–water partition coefficient (Wildman–Crippen LogP) is 0.688. The van der Waals surface area contributed by atoms with Crippen molar-refractivity contribution in [2.75, 3.05) is 0 Å². The van der Waals surface area contributed by atoms with Crippen LogP contribution in [-0.2, 0) is 14.4 Å². The Bertz CT molecular complexity index is 250. The van der Waals surface area contributed by atoms with Gasteiger partial charge in [0.25, 0.3) is 5.91 Å². The lowest BCUT2D eigenvalue weighted by atomic mass is 10.2. The number of carbonyl (C=O) groups excluding carboxylic acids is 2. The van der Waals surface area contributed by atoms with Gasteiger partial charge >= 0.3 is 5.97 Å². The van der Waals surface area contributed by atoms with Gasteiger partial charge in [0, 0.05) is 5.57 Å². The molecule has 0 saturated heterocycles. The molecule has 0 aromatic heterocycles. The van der Waals surface area contributed by atoms with Crippen LogP contribution in [0.25, 0.3) is 0 Å². The van der Waals surface area contributed by atoms with Crippen LogP contribution in [-0.4, -0.2) is 23.1 Å². The number of hydrogen-bond donors (Lipinski definition) is 2. The number of nitrogens with one attached hydrogen (secondary N) is 1. The summed E-state index contributed by atoms with van der Waals surface area (Å²) in [6, 6.07) is 0. The molecule has 0 aliphatic heterocycles. The molecule has 5 nitrogen and oxygen atoms in total. The second-order valence-corrected chi connectivity index (χ2v) is 3.12. The first-order valence-corrected chi connectivity index (χ1v) is 4.89. The van der Waals surface area contributed by atoms with Crippen molar-refractivity contribution >= 4 is 11.9 Å². The van der Waals surface area contributed by atoms with E-state index >= 15 is 0 Å². The van der Waals surface area contributed by atoms with Crippen molar-refractivity contribution in [3.8, 4) is 0 Å². The highest BCUT2D eigenvalue weighted by Gasteiger charge is 2.16. The van der Waals surface area contributed by atoms with Gasteiger partial charge in [0.05, 0.1) is 0 Å². The van der Waals surface area contributed by atoms with Crippen molar-refractivity contribution in [2.45, 2.75) is 39.2 Å². The van der Waals surface area contributed by atoms with Gasteiger partial charge < -0.3 is 9.94 Å². The van der Waals surface area contributed by atoms with E-state index < -0.39 is 18.0 Å². The molecule has 0 fully saturated rings. The van der Waals surface area contributed by atoms with Crippen LogP contribution < -0.4 is 5.48 Å². The molecule has 2 N–H and O–H groups in total. The van der Waals surface area contributed by atoms with Crippen LogP contribution in [0.3, 0.4) is 0 Å². The lowest BCUT2D eigenvalue weighted by Gasteiger charge is -2.10. The summed E-state index contributed by atoms with van der Waals surface area (Å²) >= 11 is 0. The zero-order valence-corrected chi connectivity index (χ0v) is 9.08. The normalized spacial score (nSPS) is 11.7. The highest BCUT2D eigenvalue weighted by atomic mass is 16.7. The zero-order valence-electron chi connectivity index (χ0n) is 9.08. The van der Waals surface area contributed by atoms with Crippen molar-refractivity contribution < 1.29 is 19.5 Å². The Balaban J connectivity index is 3.90. The maximum atomic E-state index is 11.1. The van der Waals surface area contributed by atoms with Gasteiger partial charge in [0.15, 0.2) is 0 Å². The second kappa shape index (κ2) is 7.00. The Morgan fingerprint density at radius 3 is 2.53 bits per heavy atom. The van der Waals surface area contributed by atoms with E-state index in [0.717, 1.165) is 0 Å². The van der Waals surface area contributed by atoms with Gasteiger partial charge in [-0.2, -0.15) is 5.48 Å². The highest BCUT2D eigenvalue weighted by Crippen LogP contribution is 1.99. The maximum Gasteiger partial charge on any atom is 0.358 e. The molecule has 0 rings (SSSR count). The second-order valence-electron chi connectivity index (χ2n) is 3.12. The average Bonchev–Trinajstić information content (AvgIpc) is 2.24. The molecule has 0 spiro atoms. The van der Waals surface area contributed by atoms with Crippen LogP contribution in [0.1, 0.15) is 33.1 Å². The smallest absolute Gasteiger partial charge is 0.358 e. The molecule has 1 amide bonds. The third kappa shape index (κ3) is 5.17. The molecule has 0 aromatic rings. The summed E-state index contributed by atoms with van der Waals surface area (Å²) in [7, 11) is 0. The summed E-state index contributed by atoms with van der Waals surface area (Å²) in [5, 5.41) is 9.20. The number of rotatable bonds is 5. The van der Waals surface area contributed by atoms with E-state index in [9.17, 15) is 14.7 Å². The minimum atomic E-state index is -1.14. The van der Waals surface area contributed by atoms with E-state index in [4.69, 9.17) is 0 Å². The lowest BCUT2D eigenvalue weighted by molar-refractivity contribution is -0.158. The van der Waals surface area contributed by atoms with Gasteiger partial charge in [-0.05, 0) is 12.8 Å². The largest absolute Gasteiger partial charge is 0.383 e. The standard InChI is InChI=1S/C10H17NO4/c1-4-6-8(12)9(13)11-15-10(14)7(3)5-2/h8,12H,3-6H2,1-2H3,(H,11,13). The molecule has 5 heteroatoms. The van der Waals surface area contributed by atoms with E-state index in [1.807, 2.05) is 12.4 Å². The SMILES string of the molecule is C=C(CC)C(=O)ONC(=O)C(O)CCC. The first-order chi connectivity index (χ1) is 7.02. The van der Waals surface area contributed by atoms with Crippen LogP contribution in [0.4, 0.5) is 0 Å². The molecule has 0 aliphatic rings. The van der Waals surface area contributed by atoms with Crippen LogP contribution in [0.2, 0.25) is 0 Å². The zero-order chi connectivity index (χ0) is 11.8. The molecule has 1 unspecified atom stereocenters. The Hall–Kier alpha value is -1.36. The molecule has 0 bridgehead atoms. The van der Waals surface area contributed by atoms with E-state index in [1.165, 1.54) is 0 Å². The fourth-order valence-corrected chi connectivity index (χ4v) is 0.786. The molecule has 0 saturated carbocycles. The van der Waals surface area contributed by atoms with Gasteiger partial charge in [-0.25, -0.2) is 4.79 Å². The maximum absolute atomic E-state index is 11.1. The summed E-state index contributed by atoms with van der Waals surface area (Å²) in [5.41, 5.74) is 2.15. The number of hydrogen-bond acceptors (Lipinski definition) is 4. The number of aliphatic hydroxyl groups excluding tert-OH is 1. The van der Waals surface area contributed by atoms with Crippen LogP contribution in [0.5, 0.6) is 0 Å². The van der Waals surface area contributed by atoms with Gasteiger partial charge in [0.1, 0.15) is 6.10 Å². The van der Waals surface area contributed by atoms with Crippen molar-refractivity contribution in [3.05, 3.63) is 12.2 Å². The van der Waals surface area contributed by atoms with Crippen molar-refractivity contribution in [1.29, 1.82) is 0 Å². The number of aliphatic hydroxyl groups is 1. The summed E-state index contributed by atoms with van der Waals surface area (Å²) < 4.78 is 0. The first-order valence-electron chi connectivity index (χ1n) is 4.89. The lowest BCUT2D eigenvalue weighted by Crippen LogP contribution is -2.36. The summed E-state index contributed by atoms with van der Waals surface area (Å²) in [6.07, 6.45) is 0.312. The molecular weight excluding hydrogens is 198 g/mol. The minimum Gasteiger partial charge on any atom is -0.383 e. The fraction of sp³-hybridized carbons (Fsp3) is 0.600. The van der Waals surface area contributed by atoms with Crippen LogP contribution in [0.15, 0.2) is 12.2 Å².